The van der Waals surface area contributed by atoms with Gasteiger partial charge < -0.3 is 10.5 Å². The predicted octanol–water partition coefficient (Wildman–Crippen LogP) is 2.11. The van der Waals surface area contributed by atoms with Crippen LogP contribution in [-0.2, 0) is 13.0 Å². The molecule has 0 spiro atoms. The topological polar surface area (TPSA) is 71.9 Å². The first-order valence-corrected chi connectivity index (χ1v) is 5.46. The van der Waals surface area contributed by atoms with Crippen LogP contribution in [0.3, 0.4) is 0 Å². The van der Waals surface area contributed by atoms with Crippen LogP contribution < -0.4 is 10.5 Å². The molecule has 1 heterocycles. The van der Waals surface area contributed by atoms with E-state index in [0.29, 0.717) is 9.26 Å². The summed E-state index contributed by atoms with van der Waals surface area (Å²) in [5, 5.41) is 8.53. The largest absolute Gasteiger partial charge is 0.574 e. The second-order valence-electron chi connectivity index (χ2n) is 2.99. The Labute approximate surface area is 109 Å². The smallest absolute Gasteiger partial charge is 0.388 e. The number of hydrogen-bond acceptors (Lipinski definition) is 4. The number of ether oxygens (including phenoxy) is 1. The molecule has 1 aromatic rings. The van der Waals surface area contributed by atoms with E-state index < -0.39 is 12.2 Å². The Hall–Kier alpha value is -1.08. The Morgan fingerprint density at radius 1 is 1.47 bits per heavy atom. The summed E-state index contributed by atoms with van der Waals surface area (Å²) in [4.78, 5) is 3.66. The molecule has 0 radical (unpaired) electrons. The number of nitrogens with zero attached hydrogens (tertiary/aromatic N) is 2. The minimum absolute atomic E-state index is 0.0747. The monoisotopic (exact) mass is 357 g/mol. The second kappa shape index (κ2) is 5.50. The number of aromatic nitrogens is 1. The summed E-state index contributed by atoms with van der Waals surface area (Å²) in [5.41, 5.74) is 6.05. The molecule has 8 heteroatoms. The summed E-state index contributed by atoms with van der Waals surface area (Å²) in [7, 11) is 0. The Morgan fingerprint density at radius 2 is 2.12 bits per heavy atom. The molecule has 0 saturated heterocycles. The third-order valence-electron chi connectivity index (χ3n) is 1.79. The Balaban J connectivity index is 3.19. The molecule has 92 valence electrons. The van der Waals surface area contributed by atoms with Gasteiger partial charge in [0.25, 0.3) is 0 Å². The van der Waals surface area contributed by atoms with Crippen molar-refractivity contribution >= 4 is 22.6 Å². The maximum Gasteiger partial charge on any atom is 0.574 e. The lowest BCUT2D eigenvalue weighted by Gasteiger charge is -2.12. The zero-order chi connectivity index (χ0) is 13.1. The van der Waals surface area contributed by atoms with Crippen molar-refractivity contribution in [2.75, 3.05) is 0 Å². The van der Waals surface area contributed by atoms with Crippen LogP contribution in [-0.4, -0.2) is 11.3 Å². The molecule has 0 aliphatic carbocycles. The number of hydrogen-bond donors (Lipinski definition) is 1. The highest BCUT2D eigenvalue weighted by atomic mass is 127. The van der Waals surface area contributed by atoms with Gasteiger partial charge >= 0.3 is 6.36 Å². The molecular weight excluding hydrogens is 350 g/mol. The fraction of sp³-hybridized carbons (Fsp3) is 0.333. The molecule has 0 unspecified atom stereocenters. The summed E-state index contributed by atoms with van der Waals surface area (Å²) in [6, 6.07) is 3.15. The molecule has 2 N–H and O–H groups in total. The number of nitriles is 1. The van der Waals surface area contributed by atoms with Gasteiger partial charge in [0.15, 0.2) is 0 Å². The quantitative estimate of drug-likeness (QED) is 0.665. The van der Waals surface area contributed by atoms with Crippen LogP contribution in [0, 0.1) is 15.0 Å². The molecule has 0 bridgehead atoms. The van der Waals surface area contributed by atoms with Crippen LogP contribution in [0.25, 0.3) is 0 Å². The van der Waals surface area contributed by atoms with Gasteiger partial charge in [0, 0.05) is 12.1 Å². The van der Waals surface area contributed by atoms with Crippen molar-refractivity contribution in [1.82, 2.24) is 4.98 Å². The van der Waals surface area contributed by atoms with Gasteiger partial charge in [0.1, 0.15) is 3.70 Å². The summed E-state index contributed by atoms with van der Waals surface area (Å²) >= 11 is 1.76. The molecule has 1 aromatic heterocycles. The molecule has 0 saturated carbocycles. The van der Waals surface area contributed by atoms with Crippen LogP contribution in [0.1, 0.15) is 11.1 Å². The highest BCUT2D eigenvalue weighted by molar-refractivity contribution is 14.1. The fourth-order valence-electron chi connectivity index (χ4n) is 1.12. The van der Waals surface area contributed by atoms with Crippen LogP contribution in [0.15, 0.2) is 6.07 Å². The highest BCUT2D eigenvalue weighted by Gasteiger charge is 2.33. The van der Waals surface area contributed by atoms with Gasteiger partial charge in [-0.05, 0) is 34.2 Å². The minimum Gasteiger partial charge on any atom is -0.388 e. The van der Waals surface area contributed by atoms with Gasteiger partial charge in [-0.25, -0.2) is 4.98 Å². The molecule has 0 aliphatic heterocycles. The highest BCUT2D eigenvalue weighted by Crippen LogP contribution is 2.27. The lowest BCUT2D eigenvalue weighted by Crippen LogP contribution is -2.20. The van der Waals surface area contributed by atoms with Gasteiger partial charge in [-0.15, -0.1) is 13.2 Å². The molecule has 4 nitrogen and oxygen atoms in total. The van der Waals surface area contributed by atoms with Gasteiger partial charge in [-0.1, -0.05) is 0 Å². The first-order chi connectivity index (χ1) is 7.87. The van der Waals surface area contributed by atoms with Crippen LogP contribution in [0.5, 0.6) is 5.88 Å². The SMILES string of the molecule is N#CCc1cc(CN)c(I)nc1OC(F)(F)F. The van der Waals surface area contributed by atoms with E-state index in [1.54, 1.807) is 28.7 Å². The normalized spacial score (nSPS) is 11.1. The van der Waals surface area contributed by atoms with E-state index in [0.717, 1.165) is 0 Å². The zero-order valence-corrected chi connectivity index (χ0v) is 10.5. The first kappa shape index (κ1) is 14.0. The van der Waals surface area contributed by atoms with Crippen molar-refractivity contribution < 1.29 is 17.9 Å². The molecule has 0 amide bonds. The van der Waals surface area contributed by atoms with Crippen LogP contribution in [0.2, 0.25) is 0 Å². The van der Waals surface area contributed by atoms with Gasteiger partial charge in [0.05, 0.1) is 12.5 Å². The Bertz CT molecular complexity index is 456. The Morgan fingerprint density at radius 3 is 2.59 bits per heavy atom. The average molecular weight is 357 g/mol. The predicted molar refractivity (Wildman–Crippen MR) is 60.8 cm³/mol. The number of alkyl halides is 3. The van der Waals surface area contributed by atoms with Crippen molar-refractivity contribution in [1.29, 1.82) is 5.26 Å². The molecule has 0 aliphatic rings. The number of halogens is 4. The van der Waals surface area contributed by atoms with Crippen molar-refractivity contribution in [3.05, 3.63) is 20.9 Å². The van der Waals surface area contributed by atoms with Crippen LogP contribution >= 0.6 is 22.6 Å². The molecule has 17 heavy (non-hydrogen) atoms. The summed E-state index contributed by atoms with van der Waals surface area (Å²) in [6.45, 7) is 0.135. The van der Waals surface area contributed by atoms with E-state index >= 15 is 0 Å². The summed E-state index contributed by atoms with van der Waals surface area (Å²) in [6.07, 6.45) is -5.05. The number of rotatable bonds is 3. The van der Waals surface area contributed by atoms with Crippen molar-refractivity contribution in [2.24, 2.45) is 5.73 Å². The van der Waals surface area contributed by atoms with E-state index in [9.17, 15) is 13.2 Å². The van der Waals surface area contributed by atoms with E-state index in [2.05, 4.69) is 9.72 Å². The molecular formula is C9H7F3IN3O. The lowest BCUT2D eigenvalue weighted by atomic mass is 10.1. The molecule has 0 fully saturated rings. The van der Waals surface area contributed by atoms with Gasteiger partial charge in [-0.3, -0.25) is 0 Å². The number of nitrogens with two attached hydrogens (primary N) is 1. The average Bonchev–Trinajstić information content (AvgIpc) is 2.20. The molecule has 1 rings (SSSR count). The third-order valence-corrected chi connectivity index (χ3v) is 2.72. The standard InChI is InChI=1S/C9H7F3IN3O/c10-9(11,12)17-8-5(1-2-14)3-6(4-15)7(13)16-8/h3H,1,4,15H2. The first-order valence-electron chi connectivity index (χ1n) is 4.38. The summed E-state index contributed by atoms with van der Waals surface area (Å²) in [5.74, 6) is -0.597. The van der Waals surface area contributed by atoms with Crippen LogP contribution in [0.4, 0.5) is 13.2 Å². The third kappa shape index (κ3) is 4.01. The van der Waals surface area contributed by atoms with E-state index in [1.165, 1.54) is 6.07 Å². The molecule has 0 aromatic carbocycles. The van der Waals surface area contributed by atoms with E-state index in [-0.39, 0.29) is 18.5 Å². The zero-order valence-electron chi connectivity index (χ0n) is 8.38. The second-order valence-corrected chi connectivity index (χ2v) is 4.01. The van der Waals surface area contributed by atoms with E-state index in [4.69, 9.17) is 11.0 Å². The van der Waals surface area contributed by atoms with Gasteiger partial charge in [-0.2, -0.15) is 5.26 Å². The fourth-order valence-corrected chi connectivity index (χ4v) is 1.71. The van der Waals surface area contributed by atoms with E-state index in [1.807, 2.05) is 0 Å². The summed E-state index contributed by atoms with van der Waals surface area (Å²) < 4.78 is 40.4. The van der Waals surface area contributed by atoms with Gasteiger partial charge in [0.2, 0.25) is 5.88 Å². The molecule has 0 atom stereocenters. The maximum atomic E-state index is 12.1. The minimum atomic E-state index is -4.83. The Kier molecular flexibility index (Phi) is 4.53. The number of pyridine rings is 1. The maximum absolute atomic E-state index is 12.1. The van der Waals surface area contributed by atoms with Crippen molar-refractivity contribution in [3.8, 4) is 11.9 Å². The van der Waals surface area contributed by atoms with Crippen molar-refractivity contribution in [3.63, 3.8) is 0 Å². The van der Waals surface area contributed by atoms with Crippen molar-refractivity contribution in [2.45, 2.75) is 19.3 Å². The lowest BCUT2D eigenvalue weighted by molar-refractivity contribution is -0.276.